The second-order valence-electron chi connectivity index (χ2n) is 2.27. The predicted octanol–water partition coefficient (Wildman–Crippen LogP) is 3.99. The van der Waals surface area contributed by atoms with Crippen LogP contribution in [0.2, 0.25) is 5.02 Å². The molecule has 0 aliphatic carbocycles. The van der Waals surface area contributed by atoms with Crippen LogP contribution in [-0.4, -0.2) is 0 Å². The molecule has 0 aliphatic rings. The van der Waals surface area contributed by atoms with Gasteiger partial charge in [0.2, 0.25) is 0 Å². The number of benzene rings is 1. The molecule has 1 aromatic rings. The molecule has 0 radical (unpaired) electrons. The van der Waals surface area contributed by atoms with Crippen molar-refractivity contribution in [3.05, 3.63) is 31.9 Å². The lowest BCUT2D eigenvalue weighted by Crippen LogP contribution is -1.89. The quantitative estimate of drug-likeness (QED) is 0.543. The second-order valence-corrected chi connectivity index (χ2v) is 4.10. The van der Waals surface area contributed by atoms with Crippen molar-refractivity contribution in [3.63, 3.8) is 0 Å². The van der Waals surface area contributed by atoms with Gasteiger partial charge in [-0.15, -0.1) is 11.6 Å². The number of rotatable bonds is 1. The first-order chi connectivity index (χ1) is 5.16. The highest BCUT2D eigenvalue weighted by Gasteiger charge is 2.04. The van der Waals surface area contributed by atoms with Crippen LogP contribution >= 0.6 is 45.8 Å². The van der Waals surface area contributed by atoms with E-state index in [-0.39, 0.29) is 0 Å². The van der Waals surface area contributed by atoms with E-state index in [9.17, 15) is 0 Å². The third-order valence-corrected chi connectivity index (χ3v) is 3.30. The van der Waals surface area contributed by atoms with Crippen molar-refractivity contribution in [2.45, 2.75) is 12.8 Å². The van der Waals surface area contributed by atoms with Crippen molar-refractivity contribution in [2.24, 2.45) is 0 Å². The fraction of sp³-hybridized carbons (Fsp3) is 0.250. The van der Waals surface area contributed by atoms with E-state index in [4.69, 9.17) is 23.2 Å². The maximum Gasteiger partial charge on any atom is 0.0487 e. The van der Waals surface area contributed by atoms with Gasteiger partial charge in [0, 0.05) is 14.5 Å². The van der Waals surface area contributed by atoms with Crippen molar-refractivity contribution < 1.29 is 0 Å². The largest absolute Gasteiger partial charge is 0.121 e. The molecule has 3 heteroatoms. The molecule has 0 unspecified atom stereocenters. The van der Waals surface area contributed by atoms with E-state index >= 15 is 0 Å². The fourth-order valence-electron chi connectivity index (χ4n) is 0.859. The van der Waals surface area contributed by atoms with Crippen LogP contribution in [0.3, 0.4) is 0 Å². The van der Waals surface area contributed by atoms with E-state index < -0.39 is 0 Å². The van der Waals surface area contributed by atoms with Crippen LogP contribution in [0.5, 0.6) is 0 Å². The minimum atomic E-state index is 0.532. The van der Waals surface area contributed by atoms with Gasteiger partial charge in [-0.1, -0.05) is 11.6 Å². The van der Waals surface area contributed by atoms with Gasteiger partial charge in [0.25, 0.3) is 0 Å². The van der Waals surface area contributed by atoms with E-state index in [1.54, 1.807) is 0 Å². The van der Waals surface area contributed by atoms with Crippen molar-refractivity contribution in [1.29, 1.82) is 0 Å². The standard InChI is InChI=1S/C8H7Cl2I/c1-5-6(4-9)8(11)3-2-7(5)10/h2-3H,4H2,1H3. The Bertz CT molecular complexity index is 271. The van der Waals surface area contributed by atoms with Gasteiger partial charge in [-0.2, -0.15) is 0 Å². The topological polar surface area (TPSA) is 0 Å². The molecule has 1 aromatic carbocycles. The lowest BCUT2D eigenvalue weighted by Gasteiger charge is -2.05. The molecule has 0 atom stereocenters. The van der Waals surface area contributed by atoms with Crippen molar-refractivity contribution in [3.8, 4) is 0 Å². The highest BCUT2D eigenvalue weighted by molar-refractivity contribution is 14.1. The van der Waals surface area contributed by atoms with E-state index in [2.05, 4.69) is 22.6 Å². The summed E-state index contributed by atoms with van der Waals surface area (Å²) in [6, 6.07) is 3.88. The summed E-state index contributed by atoms with van der Waals surface area (Å²) in [5, 5.41) is 0.793. The fourth-order valence-corrected chi connectivity index (χ4v) is 2.38. The molecule has 60 valence electrons. The summed E-state index contributed by atoms with van der Waals surface area (Å²) in [4.78, 5) is 0. The molecule has 0 amide bonds. The summed E-state index contributed by atoms with van der Waals surface area (Å²) >= 11 is 13.9. The van der Waals surface area contributed by atoms with Crippen LogP contribution in [0.15, 0.2) is 12.1 Å². The van der Waals surface area contributed by atoms with E-state index in [0.29, 0.717) is 5.88 Å². The molecular formula is C8H7Cl2I. The van der Waals surface area contributed by atoms with Crippen molar-refractivity contribution in [2.75, 3.05) is 0 Å². The molecule has 0 fully saturated rings. The van der Waals surface area contributed by atoms with Crippen molar-refractivity contribution in [1.82, 2.24) is 0 Å². The van der Waals surface area contributed by atoms with Gasteiger partial charge in [0.15, 0.2) is 0 Å². The predicted molar refractivity (Wildman–Crippen MR) is 58.5 cm³/mol. The Morgan fingerprint density at radius 2 is 2.09 bits per heavy atom. The van der Waals surface area contributed by atoms with E-state index in [1.165, 1.54) is 3.57 Å². The number of alkyl halides is 1. The maximum atomic E-state index is 5.90. The first-order valence-electron chi connectivity index (χ1n) is 3.16. The van der Waals surface area contributed by atoms with Crippen LogP contribution in [-0.2, 0) is 5.88 Å². The molecule has 0 bridgehead atoms. The minimum absolute atomic E-state index is 0.532. The Kier molecular flexibility index (Phi) is 3.47. The van der Waals surface area contributed by atoms with Crippen molar-refractivity contribution >= 4 is 45.8 Å². The van der Waals surface area contributed by atoms with E-state index in [0.717, 1.165) is 16.1 Å². The van der Waals surface area contributed by atoms with Gasteiger partial charge >= 0.3 is 0 Å². The molecule has 0 spiro atoms. The monoisotopic (exact) mass is 300 g/mol. The van der Waals surface area contributed by atoms with Crippen LogP contribution in [0.4, 0.5) is 0 Å². The normalized spacial score (nSPS) is 10.2. The molecule has 0 aliphatic heterocycles. The van der Waals surface area contributed by atoms with Crippen LogP contribution in [0.25, 0.3) is 0 Å². The Hall–Kier alpha value is 0.530. The summed E-state index contributed by atoms with van der Waals surface area (Å²) in [6.07, 6.45) is 0. The summed E-state index contributed by atoms with van der Waals surface area (Å²) < 4.78 is 1.18. The molecule has 0 saturated carbocycles. The number of hydrogen-bond donors (Lipinski definition) is 0. The average Bonchev–Trinajstić information content (AvgIpc) is 1.99. The van der Waals surface area contributed by atoms with E-state index in [1.807, 2.05) is 19.1 Å². The summed E-state index contributed by atoms with van der Waals surface area (Å²) in [5.74, 6) is 0.532. The maximum absolute atomic E-state index is 5.90. The first-order valence-corrected chi connectivity index (χ1v) is 5.15. The lowest BCUT2D eigenvalue weighted by molar-refractivity contribution is 1.27. The van der Waals surface area contributed by atoms with Gasteiger partial charge in [-0.25, -0.2) is 0 Å². The van der Waals surface area contributed by atoms with Gasteiger partial charge in [0.1, 0.15) is 0 Å². The zero-order valence-corrected chi connectivity index (χ0v) is 9.67. The number of halogens is 3. The highest BCUT2D eigenvalue weighted by Crippen LogP contribution is 2.24. The summed E-state index contributed by atoms with van der Waals surface area (Å²) in [7, 11) is 0. The van der Waals surface area contributed by atoms with Crippen LogP contribution < -0.4 is 0 Å². The third-order valence-electron chi connectivity index (χ3n) is 1.61. The average molecular weight is 301 g/mol. The Morgan fingerprint density at radius 3 is 2.55 bits per heavy atom. The molecule has 0 nitrogen and oxygen atoms in total. The van der Waals surface area contributed by atoms with Gasteiger partial charge in [-0.3, -0.25) is 0 Å². The smallest absolute Gasteiger partial charge is 0.0487 e. The van der Waals surface area contributed by atoms with Gasteiger partial charge in [0.05, 0.1) is 0 Å². The lowest BCUT2D eigenvalue weighted by atomic mass is 10.1. The SMILES string of the molecule is Cc1c(Cl)ccc(I)c1CCl. The summed E-state index contributed by atoms with van der Waals surface area (Å²) in [5.41, 5.74) is 2.23. The molecule has 0 heterocycles. The van der Waals surface area contributed by atoms with Gasteiger partial charge in [-0.05, 0) is 52.8 Å². The molecule has 11 heavy (non-hydrogen) atoms. The minimum Gasteiger partial charge on any atom is -0.121 e. The number of hydrogen-bond acceptors (Lipinski definition) is 0. The Labute approximate surface area is 90.0 Å². The molecule has 1 rings (SSSR count). The second kappa shape index (κ2) is 3.97. The van der Waals surface area contributed by atoms with Crippen LogP contribution in [0.1, 0.15) is 11.1 Å². The van der Waals surface area contributed by atoms with Crippen LogP contribution in [0, 0.1) is 10.5 Å². The third kappa shape index (κ3) is 2.01. The molecular weight excluding hydrogens is 294 g/mol. The molecule has 0 saturated heterocycles. The highest BCUT2D eigenvalue weighted by atomic mass is 127. The first kappa shape index (κ1) is 9.62. The Morgan fingerprint density at radius 1 is 1.45 bits per heavy atom. The van der Waals surface area contributed by atoms with Gasteiger partial charge < -0.3 is 0 Å². The molecule has 0 aromatic heterocycles. The summed E-state index contributed by atoms with van der Waals surface area (Å²) in [6.45, 7) is 1.99. The zero-order valence-electron chi connectivity index (χ0n) is 6.00. The Balaban J connectivity index is 3.29. The zero-order chi connectivity index (χ0) is 8.43. The molecule has 0 N–H and O–H groups in total.